The summed E-state index contributed by atoms with van der Waals surface area (Å²) < 4.78 is 2.75. The summed E-state index contributed by atoms with van der Waals surface area (Å²) in [5.74, 6) is 0. The molecule has 0 fully saturated rings. The molecule has 15 rings (SSSR count). The lowest BCUT2D eigenvalue weighted by atomic mass is 9.43. The first kappa shape index (κ1) is 47.2. The first-order valence-corrected chi connectivity index (χ1v) is 28.5. The third-order valence-corrected chi connectivity index (χ3v) is 19.3. The van der Waals surface area contributed by atoms with Crippen molar-refractivity contribution >= 4 is 78.8 Å². The number of para-hydroxylation sites is 2. The molecule has 0 bridgehead atoms. The third kappa shape index (κ3) is 6.90. The molecule has 1 aromatic heterocycles. The molecule has 0 saturated carbocycles. The van der Waals surface area contributed by atoms with Gasteiger partial charge in [0, 0.05) is 55.8 Å². The zero-order chi connectivity index (χ0) is 53.0. The molecule has 11 aromatic rings. The van der Waals surface area contributed by atoms with E-state index in [0.717, 1.165) is 36.3 Å². The van der Waals surface area contributed by atoms with Crippen LogP contribution in [0.2, 0.25) is 0 Å². The first-order valence-electron chi connectivity index (χ1n) is 28.5. The summed E-state index contributed by atoms with van der Waals surface area (Å²) in [7, 11) is 0. The Balaban J connectivity index is 1.12. The SMILES string of the molecule is CC1(C)CCC(C)(C)c2cc(N3B4c5cc6c(cc5-n5c7c4c(cc(-c4ccc(-c8ccccc8)cc4)c7c4ccc7ccccc7c45)-c4ccc(N(c5ccccc5)c5ccccc5)cc43)C(C)(C)CCC6(C)C)ccc21. The standard InChI is InChI=1S/C74H66BN3/c1-71(2)38-39-72(3,4)61-42-54(34-37-60(61)71)78-65-43-53(76(51-23-14-10-15-24-51)52-25-16-11-17-26-52)33-36-56(65)59-44-58(50-30-28-48(29-31-50)47-20-12-9-13-21-47)67-57-35-32-49-22-18-19-27-55(49)69(57)77-66-46-63-62(73(5,6)40-41-74(63,7)8)45-64(66)75(78)68(59)70(67)77/h9-37,42-46H,38-41H2,1-8H3. The van der Waals surface area contributed by atoms with Crippen LogP contribution in [0, 0.1) is 0 Å². The van der Waals surface area contributed by atoms with E-state index in [2.05, 4.69) is 276 Å². The normalized spacial score (nSPS) is 16.9. The van der Waals surface area contributed by atoms with Gasteiger partial charge in [-0.05, 0) is 174 Å². The van der Waals surface area contributed by atoms with Gasteiger partial charge >= 0.3 is 6.85 Å². The van der Waals surface area contributed by atoms with Gasteiger partial charge in [-0.15, -0.1) is 0 Å². The summed E-state index contributed by atoms with van der Waals surface area (Å²) in [5.41, 5.74) is 26.0. The molecular formula is C74H66BN3. The fourth-order valence-corrected chi connectivity index (χ4v) is 14.7. The quantitative estimate of drug-likeness (QED) is 0.154. The number of benzene rings is 10. The first-order chi connectivity index (χ1) is 37.7. The molecule has 0 atom stereocenters. The van der Waals surface area contributed by atoms with E-state index in [1.54, 1.807) is 0 Å². The number of anilines is 5. The summed E-state index contributed by atoms with van der Waals surface area (Å²) in [6.45, 7) is 19.7. The van der Waals surface area contributed by atoms with Crippen molar-refractivity contribution in [2.24, 2.45) is 0 Å². The van der Waals surface area contributed by atoms with Crippen LogP contribution in [-0.2, 0) is 21.7 Å². The molecule has 4 aliphatic rings. The molecule has 0 N–H and O–H groups in total. The summed E-state index contributed by atoms with van der Waals surface area (Å²) in [6, 6.07) is 78.9. The van der Waals surface area contributed by atoms with E-state index in [-0.39, 0.29) is 28.5 Å². The van der Waals surface area contributed by atoms with Crippen LogP contribution in [0.1, 0.15) is 103 Å². The predicted molar refractivity (Wildman–Crippen MR) is 333 cm³/mol. The van der Waals surface area contributed by atoms with Crippen molar-refractivity contribution in [2.45, 2.75) is 103 Å². The molecule has 2 aliphatic heterocycles. The number of hydrogen-bond acceptors (Lipinski definition) is 2. The molecule has 0 unspecified atom stereocenters. The number of aromatic nitrogens is 1. The van der Waals surface area contributed by atoms with Gasteiger partial charge in [0.25, 0.3) is 0 Å². The van der Waals surface area contributed by atoms with Gasteiger partial charge in [-0.3, -0.25) is 0 Å². The Hall–Kier alpha value is -8.08. The van der Waals surface area contributed by atoms with Crippen LogP contribution in [0.4, 0.5) is 28.4 Å². The minimum Gasteiger partial charge on any atom is -0.376 e. The highest BCUT2D eigenvalue weighted by Crippen LogP contribution is 2.54. The van der Waals surface area contributed by atoms with Gasteiger partial charge in [0.2, 0.25) is 0 Å². The van der Waals surface area contributed by atoms with Crippen LogP contribution in [0.25, 0.3) is 71.6 Å². The van der Waals surface area contributed by atoms with Crippen molar-refractivity contribution in [3.8, 4) is 39.1 Å². The Morgan fingerprint density at radius 1 is 0.385 bits per heavy atom. The fraction of sp³-hybridized carbons (Fsp3) is 0.216. The molecular weight excluding hydrogens is 942 g/mol. The predicted octanol–water partition coefficient (Wildman–Crippen LogP) is 18.7. The Morgan fingerprint density at radius 2 is 0.949 bits per heavy atom. The highest BCUT2D eigenvalue weighted by atomic mass is 15.2. The maximum Gasteiger partial charge on any atom is 0.333 e. The van der Waals surface area contributed by atoms with E-state index >= 15 is 0 Å². The highest BCUT2D eigenvalue weighted by molar-refractivity contribution is 6.94. The minimum atomic E-state index is -0.149. The summed E-state index contributed by atoms with van der Waals surface area (Å²) in [6.07, 6.45) is 4.61. The number of nitrogens with zero attached hydrogens (tertiary/aromatic N) is 3. The van der Waals surface area contributed by atoms with Gasteiger partial charge in [-0.25, -0.2) is 0 Å². The third-order valence-electron chi connectivity index (χ3n) is 19.3. The lowest BCUT2D eigenvalue weighted by molar-refractivity contribution is 0.332. The van der Waals surface area contributed by atoms with Crippen LogP contribution < -0.4 is 20.6 Å². The molecule has 380 valence electrons. The van der Waals surface area contributed by atoms with E-state index in [0.29, 0.717) is 0 Å². The van der Waals surface area contributed by atoms with E-state index < -0.39 is 0 Å². The van der Waals surface area contributed by atoms with Gasteiger partial charge in [-0.2, -0.15) is 0 Å². The van der Waals surface area contributed by atoms with Gasteiger partial charge in [0.1, 0.15) is 0 Å². The number of fused-ring (bicyclic) bond motifs is 12. The van der Waals surface area contributed by atoms with E-state index in [4.69, 9.17) is 0 Å². The Morgan fingerprint density at radius 3 is 1.62 bits per heavy atom. The van der Waals surface area contributed by atoms with Gasteiger partial charge in [0.05, 0.1) is 11.0 Å². The lowest BCUT2D eigenvalue weighted by Crippen LogP contribution is -2.61. The Kier molecular flexibility index (Phi) is 10.1. The number of hydrogen-bond donors (Lipinski definition) is 0. The van der Waals surface area contributed by atoms with Gasteiger partial charge < -0.3 is 14.3 Å². The zero-order valence-electron chi connectivity index (χ0n) is 46.4. The van der Waals surface area contributed by atoms with Crippen molar-refractivity contribution < 1.29 is 0 Å². The summed E-state index contributed by atoms with van der Waals surface area (Å²) >= 11 is 0. The van der Waals surface area contributed by atoms with E-state index in [1.807, 2.05) is 0 Å². The van der Waals surface area contributed by atoms with Crippen molar-refractivity contribution in [1.82, 2.24) is 4.57 Å². The molecule has 10 aromatic carbocycles. The molecule has 0 saturated heterocycles. The molecule has 78 heavy (non-hydrogen) atoms. The van der Waals surface area contributed by atoms with Crippen molar-refractivity contribution in [1.29, 1.82) is 0 Å². The molecule has 3 heterocycles. The molecule has 0 amide bonds. The van der Waals surface area contributed by atoms with E-state index in [1.165, 1.54) is 123 Å². The second kappa shape index (κ2) is 16.7. The zero-order valence-corrected chi connectivity index (χ0v) is 46.4. The van der Waals surface area contributed by atoms with E-state index in [9.17, 15) is 0 Å². The topological polar surface area (TPSA) is 11.4 Å². The molecule has 0 radical (unpaired) electrons. The van der Waals surface area contributed by atoms with Crippen LogP contribution in [0.3, 0.4) is 0 Å². The molecule has 4 heteroatoms. The van der Waals surface area contributed by atoms with Gasteiger partial charge in [0.15, 0.2) is 0 Å². The fourth-order valence-electron chi connectivity index (χ4n) is 14.7. The average Bonchev–Trinajstić information content (AvgIpc) is 2.91. The average molecular weight is 1010 g/mol. The minimum absolute atomic E-state index is 0.000770. The van der Waals surface area contributed by atoms with Crippen LogP contribution in [0.5, 0.6) is 0 Å². The maximum atomic E-state index is 2.80. The highest BCUT2D eigenvalue weighted by Gasteiger charge is 2.48. The largest absolute Gasteiger partial charge is 0.376 e. The number of rotatable bonds is 6. The van der Waals surface area contributed by atoms with Crippen molar-refractivity contribution in [3.05, 3.63) is 229 Å². The maximum absolute atomic E-state index is 2.80. The monoisotopic (exact) mass is 1010 g/mol. The van der Waals surface area contributed by atoms with Crippen LogP contribution in [-0.4, -0.2) is 11.4 Å². The van der Waals surface area contributed by atoms with Crippen molar-refractivity contribution in [2.75, 3.05) is 9.71 Å². The second-order valence-corrected chi connectivity index (χ2v) is 25.8. The molecule has 2 aliphatic carbocycles. The van der Waals surface area contributed by atoms with Crippen molar-refractivity contribution in [3.63, 3.8) is 0 Å². The summed E-state index contributed by atoms with van der Waals surface area (Å²) in [5, 5.41) is 5.16. The Bertz CT molecular complexity index is 4220. The molecule has 3 nitrogen and oxygen atoms in total. The van der Waals surface area contributed by atoms with Crippen LogP contribution >= 0.6 is 0 Å². The molecule has 0 spiro atoms. The lowest BCUT2D eigenvalue weighted by Gasteiger charge is -2.47. The smallest absolute Gasteiger partial charge is 0.333 e. The second-order valence-electron chi connectivity index (χ2n) is 25.8. The van der Waals surface area contributed by atoms with Crippen LogP contribution in [0.15, 0.2) is 206 Å². The van der Waals surface area contributed by atoms with Gasteiger partial charge in [-0.1, -0.05) is 201 Å². The summed E-state index contributed by atoms with van der Waals surface area (Å²) in [4.78, 5) is 5.24. The Labute approximate surface area is 460 Å².